The predicted molar refractivity (Wildman–Crippen MR) is 74.3 cm³/mol. The normalized spacial score (nSPS) is 10.6. The number of benzene rings is 1. The third kappa shape index (κ3) is 3.53. The summed E-state index contributed by atoms with van der Waals surface area (Å²) >= 11 is 4.67. The SMILES string of the molecule is CCCc1nc(Br)cc(Sc2ccccc2F)n1. The molecule has 0 N–H and O–H groups in total. The van der Waals surface area contributed by atoms with Crippen molar-refractivity contribution >= 4 is 27.7 Å². The lowest BCUT2D eigenvalue weighted by Gasteiger charge is -2.05. The van der Waals surface area contributed by atoms with Crippen molar-refractivity contribution in [3.63, 3.8) is 0 Å². The van der Waals surface area contributed by atoms with Crippen LogP contribution in [0.25, 0.3) is 0 Å². The average Bonchev–Trinajstić information content (AvgIpc) is 2.32. The molecule has 0 aliphatic rings. The third-order valence-corrected chi connectivity index (χ3v) is 3.62. The molecule has 2 rings (SSSR count). The van der Waals surface area contributed by atoms with E-state index in [0.717, 1.165) is 28.3 Å². The van der Waals surface area contributed by atoms with Crippen LogP contribution < -0.4 is 0 Å². The second-order valence-corrected chi connectivity index (χ2v) is 5.60. The van der Waals surface area contributed by atoms with Gasteiger partial charge in [0.15, 0.2) is 0 Å². The van der Waals surface area contributed by atoms with Crippen LogP contribution in [0.1, 0.15) is 19.2 Å². The number of aromatic nitrogens is 2. The molecule has 0 saturated carbocycles. The molecule has 0 fully saturated rings. The molecule has 0 bridgehead atoms. The number of hydrogen-bond donors (Lipinski definition) is 0. The van der Waals surface area contributed by atoms with E-state index in [1.165, 1.54) is 17.8 Å². The molecule has 5 heteroatoms. The molecule has 0 atom stereocenters. The quantitative estimate of drug-likeness (QED) is 0.774. The van der Waals surface area contributed by atoms with Gasteiger partial charge in [0.25, 0.3) is 0 Å². The van der Waals surface area contributed by atoms with E-state index in [9.17, 15) is 4.39 Å². The van der Waals surface area contributed by atoms with Gasteiger partial charge in [-0.05, 0) is 34.5 Å². The molecule has 0 aliphatic heterocycles. The minimum Gasteiger partial charge on any atom is -0.226 e. The van der Waals surface area contributed by atoms with Crippen LogP contribution in [0, 0.1) is 5.82 Å². The highest BCUT2D eigenvalue weighted by atomic mass is 79.9. The largest absolute Gasteiger partial charge is 0.226 e. The highest BCUT2D eigenvalue weighted by Gasteiger charge is 2.07. The summed E-state index contributed by atoms with van der Waals surface area (Å²) in [6, 6.07) is 8.49. The topological polar surface area (TPSA) is 25.8 Å². The summed E-state index contributed by atoms with van der Waals surface area (Å²) in [5.41, 5.74) is 0. The number of rotatable bonds is 4. The molecule has 2 aromatic rings. The maximum atomic E-state index is 13.5. The molecule has 0 saturated heterocycles. The first-order chi connectivity index (χ1) is 8.69. The van der Waals surface area contributed by atoms with Crippen molar-refractivity contribution < 1.29 is 4.39 Å². The van der Waals surface area contributed by atoms with Crippen molar-refractivity contribution in [2.75, 3.05) is 0 Å². The van der Waals surface area contributed by atoms with E-state index < -0.39 is 0 Å². The molecule has 2 nitrogen and oxygen atoms in total. The van der Waals surface area contributed by atoms with E-state index in [-0.39, 0.29) is 5.82 Å². The minimum absolute atomic E-state index is 0.228. The van der Waals surface area contributed by atoms with Crippen molar-refractivity contribution in [3.8, 4) is 0 Å². The van der Waals surface area contributed by atoms with E-state index in [0.29, 0.717) is 4.90 Å². The number of hydrogen-bond acceptors (Lipinski definition) is 3. The van der Waals surface area contributed by atoms with Gasteiger partial charge in [0.2, 0.25) is 0 Å². The molecular formula is C13H12BrFN2S. The van der Waals surface area contributed by atoms with Gasteiger partial charge < -0.3 is 0 Å². The highest BCUT2D eigenvalue weighted by molar-refractivity contribution is 9.10. The van der Waals surface area contributed by atoms with Gasteiger partial charge in [0, 0.05) is 17.4 Å². The zero-order valence-electron chi connectivity index (χ0n) is 9.86. The summed E-state index contributed by atoms with van der Waals surface area (Å²) in [5.74, 6) is 0.556. The van der Waals surface area contributed by atoms with Crippen LogP contribution in [-0.4, -0.2) is 9.97 Å². The third-order valence-electron chi connectivity index (χ3n) is 2.24. The Bertz CT molecular complexity index is 548. The van der Waals surface area contributed by atoms with Crippen molar-refractivity contribution in [2.45, 2.75) is 29.7 Å². The Morgan fingerprint density at radius 1 is 1.28 bits per heavy atom. The predicted octanol–water partition coefficient (Wildman–Crippen LogP) is 4.48. The van der Waals surface area contributed by atoms with E-state index in [1.807, 2.05) is 6.07 Å². The monoisotopic (exact) mass is 326 g/mol. The first-order valence-corrected chi connectivity index (χ1v) is 7.26. The molecule has 0 amide bonds. The summed E-state index contributed by atoms with van der Waals surface area (Å²) in [6.07, 6.45) is 1.81. The summed E-state index contributed by atoms with van der Waals surface area (Å²) in [6.45, 7) is 2.08. The van der Waals surface area contributed by atoms with Gasteiger partial charge in [-0.15, -0.1) is 0 Å². The van der Waals surface area contributed by atoms with Crippen LogP contribution in [0.3, 0.4) is 0 Å². The molecule has 94 valence electrons. The lowest BCUT2D eigenvalue weighted by atomic mass is 10.3. The molecule has 18 heavy (non-hydrogen) atoms. The molecule has 1 aromatic carbocycles. The maximum Gasteiger partial charge on any atom is 0.137 e. The lowest BCUT2D eigenvalue weighted by Crippen LogP contribution is -1.96. The Morgan fingerprint density at radius 3 is 2.78 bits per heavy atom. The van der Waals surface area contributed by atoms with Gasteiger partial charge in [0.1, 0.15) is 21.3 Å². The van der Waals surface area contributed by atoms with Gasteiger partial charge in [-0.3, -0.25) is 0 Å². The smallest absolute Gasteiger partial charge is 0.137 e. The molecule has 1 aromatic heterocycles. The summed E-state index contributed by atoms with van der Waals surface area (Å²) in [5, 5.41) is 0.755. The van der Waals surface area contributed by atoms with Crippen molar-refractivity contribution in [2.24, 2.45) is 0 Å². The first-order valence-electron chi connectivity index (χ1n) is 5.65. The van der Waals surface area contributed by atoms with Crippen LogP contribution in [0.5, 0.6) is 0 Å². The summed E-state index contributed by atoms with van der Waals surface area (Å²) < 4.78 is 14.3. The van der Waals surface area contributed by atoms with Crippen LogP contribution >= 0.6 is 27.7 Å². The maximum absolute atomic E-state index is 13.5. The molecule has 0 radical (unpaired) electrons. The zero-order valence-corrected chi connectivity index (χ0v) is 12.3. The Labute approximate surface area is 118 Å². The molecule has 0 unspecified atom stereocenters. The highest BCUT2D eigenvalue weighted by Crippen LogP contribution is 2.29. The second-order valence-electron chi connectivity index (χ2n) is 3.73. The van der Waals surface area contributed by atoms with Crippen LogP contribution in [-0.2, 0) is 6.42 Å². The zero-order chi connectivity index (χ0) is 13.0. The molecular weight excluding hydrogens is 315 g/mol. The number of halogens is 2. The van der Waals surface area contributed by atoms with Gasteiger partial charge in [-0.2, -0.15) is 0 Å². The van der Waals surface area contributed by atoms with E-state index in [4.69, 9.17) is 0 Å². The van der Waals surface area contributed by atoms with Crippen molar-refractivity contribution in [1.82, 2.24) is 9.97 Å². The molecule has 0 spiro atoms. The minimum atomic E-state index is -0.228. The number of nitrogens with zero attached hydrogens (tertiary/aromatic N) is 2. The van der Waals surface area contributed by atoms with Crippen molar-refractivity contribution in [1.29, 1.82) is 0 Å². The Balaban J connectivity index is 2.26. The van der Waals surface area contributed by atoms with E-state index >= 15 is 0 Å². The van der Waals surface area contributed by atoms with Gasteiger partial charge in [-0.25, -0.2) is 14.4 Å². The van der Waals surface area contributed by atoms with Crippen molar-refractivity contribution in [3.05, 3.63) is 46.6 Å². The fourth-order valence-corrected chi connectivity index (χ4v) is 2.90. The van der Waals surface area contributed by atoms with E-state index in [1.54, 1.807) is 18.2 Å². The fourth-order valence-electron chi connectivity index (χ4n) is 1.47. The second kappa shape index (κ2) is 6.29. The van der Waals surface area contributed by atoms with Gasteiger partial charge >= 0.3 is 0 Å². The molecule has 1 heterocycles. The Morgan fingerprint density at radius 2 is 2.06 bits per heavy atom. The summed E-state index contributed by atoms with van der Waals surface area (Å²) in [4.78, 5) is 9.28. The van der Waals surface area contributed by atoms with Gasteiger partial charge in [0.05, 0.1) is 0 Å². The fraction of sp³-hybridized carbons (Fsp3) is 0.231. The Kier molecular flexibility index (Phi) is 4.72. The van der Waals surface area contributed by atoms with Crippen LogP contribution in [0.2, 0.25) is 0 Å². The first kappa shape index (κ1) is 13.5. The molecule has 0 aliphatic carbocycles. The lowest BCUT2D eigenvalue weighted by molar-refractivity contribution is 0.602. The standard InChI is InChI=1S/C13H12BrFN2S/c1-2-5-12-16-11(14)8-13(17-12)18-10-7-4-3-6-9(10)15/h3-4,6-8H,2,5H2,1H3. The van der Waals surface area contributed by atoms with E-state index in [2.05, 4.69) is 32.8 Å². The average molecular weight is 327 g/mol. The van der Waals surface area contributed by atoms with Crippen LogP contribution in [0.4, 0.5) is 4.39 Å². The summed E-state index contributed by atoms with van der Waals surface area (Å²) in [7, 11) is 0. The van der Waals surface area contributed by atoms with Crippen LogP contribution in [0.15, 0.2) is 44.9 Å². The van der Waals surface area contributed by atoms with Gasteiger partial charge in [-0.1, -0.05) is 30.8 Å². The number of aryl methyl sites for hydroxylation is 1. The Hall–Kier alpha value is -0.940.